The lowest BCUT2D eigenvalue weighted by atomic mass is 9.91. The first-order valence-corrected chi connectivity index (χ1v) is 9.11. The average molecular weight is 352 g/mol. The fourth-order valence-electron chi connectivity index (χ4n) is 3.03. The lowest BCUT2D eigenvalue weighted by Crippen LogP contribution is -2.37. The van der Waals surface area contributed by atoms with Gasteiger partial charge in [-0.2, -0.15) is 8.42 Å². The first-order chi connectivity index (χ1) is 11.1. The van der Waals surface area contributed by atoms with Crippen molar-refractivity contribution in [2.45, 2.75) is 19.3 Å². The van der Waals surface area contributed by atoms with Gasteiger partial charge in [-0.1, -0.05) is 12.1 Å². The lowest BCUT2D eigenvalue weighted by molar-refractivity contribution is 0.0968. The first kappa shape index (κ1) is 18.0. The molecule has 3 rings (SSSR count). The predicted octanol–water partition coefficient (Wildman–Crippen LogP) is 0.794. The van der Waals surface area contributed by atoms with Crippen LogP contribution in [0.25, 0.3) is 10.9 Å². The van der Waals surface area contributed by atoms with Crippen molar-refractivity contribution in [2.75, 3.05) is 6.26 Å². The molecule has 1 amide bonds. The van der Waals surface area contributed by atoms with Crippen LogP contribution in [0.5, 0.6) is 0 Å². The van der Waals surface area contributed by atoms with Gasteiger partial charge in [0.05, 0.1) is 6.26 Å². The van der Waals surface area contributed by atoms with Crippen molar-refractivity contribution in [2.24, 2.45) is 12.8 Å². The van der Waals surface area contributed by atoms with Gasteiger partial charge in [0.1, 0.15) is 5.69 Å². The fraction of sp³-hybridized carbons (Fsp3) is 0.333. The minimum absolute atomic E-state index is 0.297. The molecule has 0 saturated carbocycles. The Balaban J connectivity index is 0.000000368. The molecule has 1 aliphatic carbocycles. The zero-order valence-corrected chi connectivity index (χ0v) is 14.3. The van der Waals surface area contributed by atoms with Gasteiger partial charge in [-0.3, -0.25) is 20.1 Å². The molecule has 0 radical (unpaired) electrons. The molecule has 1 aromatic carbocycles. The second-order valence-corrected chi connectivity index (χ2v) is 7.12. The maximum Gasteiger partial charge on any atom is 0.274 e. The minimum Gasteiger partial charge on any atom is -0.370 e. The molecule has 2 aromatic rings. The van der Waals surface area contributed by atoms with E-state index in [0.717, 1.165) is 30.3 Å². The summed E-state index contributed by atoms with van der Waals surface area (Å²) in [6.07, 6.45) is 3.72. The molecule has 24 heavy (non-hydrogen) atoms. The molecule has 8 nitrogen and oxygen atoms in total. The molecular formula is C15H20N4O4S. The molecule has 5 N–H and O–H groups in total. The summed E-state index contributed by atoms with van der Waals surface area (Å²) in [5, 5.41) is 10.8. The summed E-state index contributed by atoms with van der Waals surface area (Å²) in [6, 6.07) is 6.18. The van der Waals surface area contributed by atoms with E-state index in [1.54, 1.807) is 0 Å². The quantitative estimate of drug-likeness (QED) is 0.341. The molecule has 0 spiro atoms. The van der Waals surface area contributed by atoms with Crippen LogP contribution in [-0.4, -0.2) is 35.7 Å². The topological polar surface area (TPSA) is 138 Å². The van der Waals surface area contributed by atoms with Gasteiger partial charge < -0.3 is 10.3 Å². The minimum atomic E-state index is -3.67. The van der Waals surface area contributed by atoms with Crippen LogP contribution in [0.1, 0.15) is 28.0 Å². The molecule has 0 aliphatic heterocycles. The molecule has 9 heteroatoms. The Labute approximate surface area is 139 Å². The van der Waals surface area contributed by atoms with Crippen LogP contribution < -0.4 is 11.1 Å². The number of hydrogen-bond donors (Lipinski definition) is 4. The zero-order valence-electron chi connectivity index (χ0n) is 13.5. The Kier molecular flexibility index (Phi) is 4.95. The van der Waals surface area contributed by atoms with E-state index in [1.807, 2.05) is 23.7 Å². The van der Waals surface area contributed by atoms with Crippen molar-refractivity contribution in [3.63, 3.8) is 0 Å². The van der Waals surface area contributed by atoms with Crippen LogP contribution in [0.4, 0.5) is 0 Å². The molecule has 1 heterocycles. The molecule has 0 bridgehead atoms. The SMILES string of the molecule is CS(=O)(=O)O.Cn1c(C(=O)NC(=N)N)c2c3c(cccc31)CCC2. The summed E-state index contributed by atoms with van der Waals surface area (Å²) in [5.74, 6) is -0.618. The van der Waals surface area contributed by atoms with Crippen LogP contribution in [0.2, 0.25) is 0 Å². The van der Waals surface area contributed by atoms with E-state index in [2.05, 4.69) is 11.4 Å². The largest absolute Gasteiger partial charge is 0.370 e. The third-order valence-electron chi connectivity index (χ3n) is 3.75. The average Bonchev–Trinajstić information content (AvgIpc) is 2.72. The van der Waals surface area contributed by atoms with Crippen molar-refractivity contribution in [1.29, 1.82) is 5.41 Å². The third kappa shape index (κ3) is 3.92. The van der Waals surface area contributed by atoms with Gasteiger partial charge in [0, 0.05) is 18.0 Å². The van der Waals surface area contributed by atoms with Crippen molar-refractivity contribution in [3.8, 4) is 0 Å². The Hall–Kier alpha value is -2.39. The molecule has 0 atom stereocenters. The number of benzene rings is 1. The van der Waals surface area contributed by atoms with Crippen LogP contribution >= 0.6 is 0 Å². The van der Waals surface area contributed by atoms with Gasteiger partial charge in [0.15, 0.2) is 5.96 Å². The number of carbonyl (C=O) groups is 1. The third-order valence-corrected chi connectivity index (χ3v) is 3.75. The van der Waals surface area contributed by atoms with E-state index in [1.165, 1.54) is 10.9 Å². The standard InChI is InChI=1S/C14H16N4O.CH4O3S/c1-18-10-7-3-5-8-4-2-6-9(11(8)10)12(18)13(19)17-14(15)16;1-5(2,3)4/h3,5,7H,2,4,6H2,1H3,(H4,15,16,17,19);1H3,(H,2,3,4). The van der Waals surface area contributed by atoms with E-state index in [0.29, 0.717) is 11.9 Å². The Bertz CT molecular complexity index is 907. The highest BCUT2D eigenvalue weighted by Gasteiger charge is 2.24. The van der Waals surface area contributed by atoms with Crippen molar-refractivity contribution in [3.05, 3.63) is 35.0 Å². The summed E-state index contributed by atoms with van der Waals surface area (Å²) in [4.78, 5) is 12.2. The second kappa shape index (κ2) is 6.62. The summed E-state index contributed by atoms with van der Waals surface area (Å²) in [7, 11) is -1.78. The molecule has 0 fully saturated rings. The van der Waals surface area contributed by atoms with Gasteiger partial charge in [0.2, 0.25) is 0 Å². The van der Waals surface area contributed by atoms with Crippen molar-refractivity contribution in [1.82, 2.24) is 9.88 Å². The fourth-order valence-corrected chi connectivity index (χ4v) is 3.03. The summed E-state index contributed by atoms with van der Waals surface area (Å²) < 4.78 is 27.8. The van der Waals surface area contributed by atoms with Crippen LogP contribution in [0.15, 0.2) is 18.2 Å². The van der Waals surface area contributed by atoms with Crippen molar-refractivity contribution >= 4 is 32.9 Å². The zero-order chi connectivity index (χ0) is 18.1. The number of nitrogens with zero attached hydrogens (tertiary/aromatic N) is 1. The first-order valence-electron chi connectivity index (χ1n) is 7.26. The highest BCUT2D eigenvalue weighted by molar-refractivity contribution is 7.85. The number of amides is 1. The number of nitrogens with two attached hydrogens (primary N) is 1. The number of guanidine groups is 1. The Morgan fingerprint density at radius 1 is 1.38 bits per heavy atom. The van der Waals surface area contributed by atoms with Gasteiger partial charge >= 0.3 is 0 Å². The summed E-state index contributed by atoms with van der Waals surface area (Å²) in [5.41, 5.74) is 9.33. The Morgan fingerprint density at radius 3 is 2.58 bits per heavy atom. The van der Waals surface area contributed by atoms with Crippen LogP contribution in [0.3, 0.4) is 0 Å². The van der Waals surface area contributed by atoms with E-state index in [-0.39, 0.29) is 11.9 Å². The normalized spacial score (nSPS) is 13.1. The van der Waals surface area contributed by atoms with Gasteiger partial charge in [-0.05, 0) is 36.5 Å². The highest BCUT2D eigenvalue weighted by atomic mass is 32.2. The highest BCUT2D eigenvalue weighted by Crippen LogP contribution is 2.33. The van der Waals surface area contributed by atoms with Crippen LogP contribution in [0, 0.1) is 5.41 Å². The number of aromatic nitrogens is 1. The van der Waals surface area contributed by atoms with E-state index in [9.17, 15) is 13.2 Å². The maximum absolute atomic E-state index is 12.2. The molecular weight excluding hydrogens is 332 g/mol. The van der Waals surface area contributed by atoms with E-state index >= 15 is 0 Å². The summed E-state index contributed by atoms with van der Waals surface area (Å²) in [6.45, 7) is 0. The number of aryl methyl sites for hydroxylation is 3. The number of rotatable bonds is 1. The smallest absolute Gasteiger partial charge is 0.274 e. The summed E-state index contributed by atoms with van der Waals surface area (Å²) >= 11 is 0. The van der Waals surface area contributed by atoms with Gasteiger partial charge in [0.25, 0.3) is 16.0 Å². The molecule has 1 aromatic heterocycles. The van der Waals surface area contributed by atoms with Crippen molar-refractivity contribution < 1.29 is 17.8 Å². The van der Waals surface area contributed by atoms with Crippen LogP contribution in [-0.2, 0) is 30.0 Å². The lowest BCUT2D eigenvalue weighted by Gasteiger charge is -2.13. The van der Waals surface area contributed by atoms with E-state index in [4.69, 9.17) is 15.7 Å². The van der Waals surface area contributed by atoms with Gasteiger partial charge in [-0.25, -0.2) is 0 Å². The Morgan fingerprint density at radius 2 is 2.00 bits per heavy atom. The number of carbonyl (C=O) groups excluding carboxylic acids is 1. The molecule has 1 aliphatic rings. The number of nitrogens with one attached hydrogen (secondary N) is 2. The predicted molar refractivity (Wildman–Crippen MR) is 91.8 cm³/mol. The van der Waals surface area contributed by atoms with E-state index < -0.39 is 10.1 Å². The second-order valence-electron chi connectivity index (χ2n) is 5.65. The molecule has 0 saturated heterocycles. The molecule has 0 unspecified atom stereocenters. The maximum atomic E-state index is 12.2. The van der Waals surface area contributed by atoms with Gasteiger partial charge in [-0.15, -0.1) is 0 Å². The molecule has 130 valence electrons. The number of hydrogen-bond acceptors (Lipinski definition) is 4. The monoisotopic (exact) mass is 352 g/mol.